The summed E-state index contributed by atoms with van der Waals surface area (Å²) in [4.78, 5) is 27.9. The summed E-state index contributed by atoms with van der Waals surface area (Å²) in [6.45, 7) is 7.49. The van der Waals surface area contributed by atoms with Gasteiger partial charge in [-0.2, -0.15) is 0 Å². The Balaban J connectivity index is 1.42. The second-order valence-corrected chi connectivity index (χ2v) is 15.0. The first-order valence-electron chi connectivity index (χ1n) is 19.3. The van der Waals surface area contributed by atoms with Gasteiger partial charge in [-0.1, -0.05) is 30.3 Å². The molecule has 9 nitrogen and oxygen atoms in total. The number of hydrogen-bond acceptors (Lipinski definition) is 7. The zero-order valence-electron chi connectivity index (χ0n) is 35.0. The van der Waals surface area contributed by atoms with Crippen molar-refractivity contribution in [3.8, 4) is 0 Å². The molecule has 0 aromatic heterocycles. The van der Waals surface area contributed by atoms with Crippen LogP contribution in [-0.2, 0) is 4.79 Å². The molecule has 298 valence electrons. The normalized spacial score (nSPS) is 10.9. The second-order valence-electron chi connectivity index (χ2n) is 15.0. The molecule has 0 fully saturated rings. The van der Waals surface area contributed by atoms with Gasteiger partial charge in [0.15, 0.2) is 0 Å². The molecule has 0 atom stereocenters. The van der Waals surface area contributed by atoms with Crippen molar-refractivity contribution in [2.45, 2.75) is 0 Å². The zero-order valence-corrected chi connectivity index (χ0v) is 35.0. The molecule has 59 heavy (non-hydrogen) atoms. The highest BCUT2D eigenvalue weighted by Crippen LogP contribution is 2.39. The maximum atomic E-state index is 11.9. The SMILES string of the molecule is [C-]#[N+]/C(=C\C=C(c1ccc(N(c2ccc(N(C)C)cc2)c2ccc(N(C)C)cc2)cc1)c1ccc(N(c2ccc(N(C)C)cc2)c2ccc(N(C)C)cc2)cc1)C(=O)O. The fourth-order valence-electron chi connectivity index (χ4n) is 6.75. The Morgan fingerprint density at radius 1 is 0.407 bits per heavy atom. The third kappa shape index (κ3) is 9.58. The minimum absolute atomic E-state index is 0.363. The van der Waals surface area contributed by atoms with E-state index in [0.717, 1.165) is 73.6 Å². The molecule has 0 spiro atoms. The van der Waals surface area contributed by atoms with E-state index in [1.54, 1.807) is 6.08 Å². The molecule has 0 radical (unpaired) electrons. The highest BCUT2D eigenvalue weighted by Gasteiger charge is 2.17. The van der Waals surface area contributed by atoms with Crippen molar-refractivity contribution in [3.05, 3.63) is 186 Å². The number of carbonyl (C=O) groups is 1. The zero-order chi connectivity index (χ0) is 42.2. The third-order valence-electron chi connectivity index (χ3n) is 10.1. The third-order valence-corrected chi connectivity index (χ3v) is 10.1. The smallest absolute Gasteiger partial charge is 0.333 e. The van der Waals surface area contributed by atoms with Gasteiger partial charge >= 0.3 is 5.97 Å². The molecule has 9 heteroatoms. The molecule has 0 saturated heterocycles. The van der Waals surface area contributed by atoms with E-state index in [-0.39, 0.29) is 5.70 Å². The van der Waals surface area contributed by atoms with E-state index in [1.807, 2.05) is 80.6 Å². The predicted molar refractivity (Wildman–Crippen MR) is 249 cm³/mol. The molecule has 0 bridgehead atoms. The average Bonchev–Trinajstić information content (AvgIpc) is 3.24. The van der Waals surface area contributed by atoms with Crippen LogP contribution in [0.15, 0.2) is 163 Å². The molecule has 0 heterocycles. The molecular formula is C50H51N7O2. The van der Waals surface area contributed by atoms with Crippen LogP contribution in [0.3, 0.4) is 0 Å². The van der Waals surface area contributed by atoms with Gasteiger partial charge in [-0.25, -0.2) is 4.85 Å². The van der Waals surface area contributed by atoms with E-state index >= 15 is 0 Å². The first-order valence-corrected chi connectivity index (χ1v) is 19.3. The van der Waals surface area contributed by atoms with E-state index in [1.165, 1.54) is 6.08 Å². The molecule has 6 aromatic carbocycles. The van der Waals surface area contributed by atoms with Crippen LogP contribution in [0.2, 0.25) is 0 Å². The minimum Gasteiger partial charge on any atom is -0.486 e. The van der Waals surface area contributed by atoms with Crippen LogP contribution >= 0.6 is 0 Å². The van der Waals surface area contributed by atoms with Gasteiger partial charge in [0.25, 0.3) is 5.70 Å². The van der Waals surface area contributed by atoms with Gasteiger partial charge < -0.3 is 34.5 Å². The molecule has 0 amide bonds. The number of anilines is 10. The van der Waals surface area contributed by atoms with Crippen LogP contribution in [0.5, 0.6) is 0 Å². The van der Waals surface area contributed by atoms with E-state index in [0.29, 0.717) is 0 Å². The van der Waals surface area contributed by atoms with Crippen LogP contribution < -0.4 is 29.4 Å². The lowest BCUT2D eigenvalue weighted by atomic mass is 9.96. The lowest BCUT2D eigenvalue weighted by Gasteiger charge is -2.27. The van der Waals surface area contributed by atoms with Crippen LogP contribution in [0.1, 0.15) is 11.1 Å². The molecular weight excluding hydrogens is 731 g/mol. The first-order chi connectivity index (χ1) is 28.3. The highest BCUT2D eigenvalue weighted by atomic mass is 16.4. The quantitative estimate of drug-likeness (QED) is 0.0666. The second kappa shape index (κ2) is 18.2. The summed E-state index contributed by atoms with van der Waals surface area (Å²) < 4.78 is 0. The standard InChI is InChI=1S/C50H51N7O2/c1-51-49(50(58)59)35-34-48(36-10-14-42(15-11-36)56(44-26-18-38(19-27-44)52(2)3)45-28-20-39(21-29-45)53(4)5)37-12-16-43(17-13-37)57(46-30-22-40(23-31-46)54(6)7)47-32-24-41(25-33-47)55(8)9/h10-35H,2-9H3,(H,58,59)/b49-35-. The Labute approximate surface area is 349 Å². The van der Waals surface area contributed by atoms with Crippen LogP contribution in [0.25, 0.3) is 10.4 Å². The number of benzene rings is 6. The fraction of sp³-hybridized carbons (Fsp3) is 0.160. The Morgan fingerprint density at radius 3 is 0.831 bits per heavy atom. The number of carboxylic acids is 1. The van der Waals surface area contributed by atoms with E-state index in [2.05, 4.69) is 156 Å². The molecule has 0 aliphatic rings. The molecule has 0 unspecified atom stereocenters. The van der Waals surface area contributed by atoms with Crippen LogP contribution in [0, 0.1) is 6.57 Å². The Kier molecular flexibility index (Phi) is 12.7. The van der Waals surface area contributed by atoms with Crippen molar-refractivity contribution >= 4 is 68.4 Å². The first kappa shape index (κ1) is 41.2. The van der Waals surface area contributed by atoms with Crippen molar-refractivity contribution in [1.29, 1.82) is 0 Å². The summed E-state index contributed by atoms with van der Waals surface area (Å²) in [6.07, 6.45) is 3.10. The summed E-state index contributed by atoms with van der Waals surface area (Å²) in [5, 5.41) is 9.71. The summed E-state index contributed by atoms with van der Waals surface area (Å²) in [6, 6.07) is 50.3. The van der Waals surface area contributed by atoms with Crippen LogP contribution in [-0.4, -0.2) is 67.5 Å². The lowest BCUT2D eigenvalue weighted by molar-refractivity contribution is -0.132. The number of rotatable bonds is 14. The lowest BCUT2D eigenvalue weighted by Crippen LogP contribution is -2.13. The maximum Gasteiger partial charge on any atom is 0.333 e. The van der Waals surface area contributed by atoms with Gasteiger partial charge in [-0.3, -0.25) is 4.79 Å². The average molecular weight is 782 g/mol. The van der Waals surface area contributed by atoms with Gasteiger partial charge in [0.1, 0.15) is 0 Å². The maximum absolute atomic E-state index is 11.9. The summed E-state index contributed by atoms with van der Waals surface area (Å²) in [5.74, 6) is -1.27. The number of hydrogen-bond donors (Lipinski definition) is 1. The summed E-state index contributed by atoms with van der Waals surface area (Å²) in [5.41, 5.74) is 12.5. The molecule has 6 aromatic rings. The number of aliphatic carboxylic acids is 1. The molecule has 1 N–H and O–H groups in total. The fourth-order valence-corrected chi connectivity index (χ4v) is 6.75. The topological polar surface area (TPSA) is 61.1 Å². The Bertz CT molecular complexity index is 2190. The molecule has 6 rings (SSSR count). The van der Waals surface area contributed by atoms with E-state index < -0.39 is 5.97 Å². The van der Waals surface area contributed by atoms with Crippen molar-refractivity contribution < 1.29 is 9.90 Å². The molecule has 0 aliphatic heterocycles. The highest BCUT2D eigenvalue weighted by molar-refractivity contribution is 5.91. The Hall–Kier alpha value is -7.44. The summed E-state index contributed by atoms with van der Waals surface area (Å²) >= 11 is 0. The number of carboxylic acid groups (broad SMARTS) is 1. The van der Waals surface area contributed by atoms with Crippen molar-refractivity contribution in [1.82, 2.24) is 0 Å². The van der Waals surface area contributed by atoms with Crippen molar-refractivity contribution in [2.75, 3.05) is 85.8 Å². The van der Waals surface area contributed by atoms with E-state index in [4.69, 9.17) is 6.57 Å². The number of allylic oxidation sites excluding steroid dienone is 2. The van der Waals surface area contributed by atoms with Gasteiger partial charge in [0.2, 0.25) is 0 Å². The van der Waals surface area contributed by atoms with Crippen molar-refractivity contribution in [2.24, 2.45) is 0 Å². The Morgan fingerprint density at radius 2 is 0.627 bits per heavy atom. The van der Waals surface area contributed by atoms with Gasteiger partial charge in [0, 0.05) is 113 Å². The summed E-state index contributed by atoms with van der Waals surface area (Å²) in [7, 11) is 16.2. The van der Waals surface area contributed by atoms with Crippen LogP contribution in [0.4, 0.5) is 56.9 Å². The van der Waals surface area contributed by atoms with Crippen molar-refractivity contribution in [3.63, 3.8) is 0 Å². The minimum atomic E-state index is -1.27. The number of nitrogens with zero attached hydrogens (tertiary/aromatic N) is 7. The molecule has 0 aliphatic carbocycles. The largest absolute Gasteiger partial charge is 0.486 e. The van der Waals surface area contributed by atoms with E-state index in [9.17, 15) is 9.90 Å². The monoisotopic (exact) mass is 781 g/mol. The van der Waals surface area contributed by atoms with Gasteiger partial charge in [-0.15, -0.1) is 0 Å². The van der Waals surface area contributed by atoms with Gasteiger partial charge in [-0.05, 0) is 144 Å². The molecule has 0 saturated carbocycles. The van der Waals surface area contributed by atoms with Gasteiger partial charge in [0.05, 0.1) is 6.57 Å². The predicted octanol–water partition coefficient (Wildman–Crippen LogP) is 11.2.